The molecule has 0 saturated carbocycles. The fraction of sp³-hybridized carbons (Fsp3) is 0.182. The number of nitrogens with zero attached hydrogens (tertiary/aromatic N) is 4. The molecule has 10 heteroatoms. The van der Waals surface area contributed by atoms with Gasteiger partial charge in [-0.15, -0.1) is 0 Å². The van der Waals surface area contributed by atoms with E-state index in [4.69, 9.17) is 0 Å². The van der Waals surface area contributed by atoms with Gasteiger partial charge in [-0.05, 0) is 53.6 Å². The molecule has 0 aliphatic rings. The van der Waals surface area contributed by atoms with Crippen molar-refractivity contribution in [2.45, 2.75) is 0 Å². The normalized spacial score (nSPS) is 11.4. The van der Waals surface area contributed by atoms with E-state index in [-0.39, 0.29) is 32.9 Å². The zero-order valence-corrected chi connectivity index (χ0v) is 25.0. The zero-order valence-electron chi connectivity index (χ0n) is 25.0. The Bertz CT molecular complexity index is 1740. The zero-order chi connectivity index (χ0) is 31.5. The van der Waals surface area contributed by atoms with Crippen molar-refractivity contribution in [1.29, 1.82) is 5.26 Å². The molecular formula is C33H34N6O4+2. The molecule has 4 aromatic rings. The van der Waals surface area contributed by atoms with Gasteiger partial charge < -0.3 is 10.6 Å². The van der Waals surface area contributed by atoms with E-state index in [2.05, 4.69) is 37.8 Å². The van der Waals surface area contributed by atoms with Gasteiger partial charge in [0.2, 0.25) is 5.69 Å². The summed E-state index contributed by atoms with van der Waals surface area (Å²) in [6.45, 7) is 0. The number of nitro groups is 1. The lowest BCUT2D eigenvalue weighted by atomic mass is 9.97. The van der Waals surface area contributed by atoms with Crippen LogP contribution in [0, 0.1) is 21.4 Å². The third-order valence-electron chi connectivity index (χ3n) is 6.91. The first-order valence-electron chi connectivity index (χ1n) is 13.5. The van der Waals surface area contributed by atoms with E-state index in [0.717, 1.165) is 5.69 Å². The second-order valence-corrected chi connectivity index (χ2v) is 11.9. The van der Waals surface area contributed by atoms with Gasteiger partial charge in [-0.2, -0.15) is 5.26 Å². The van der Waals surface area contributed by atoms with Crippen molar-refractivity contribution in [3.63, 3.8) is 0 Å². The van der Waals surface area contributed by atoms with Crippen LogP contribution >= 0.6 is 0 Å². The summed E-state index contributed by atoms with van der Waals surface area (Å²) in [4.78, 5) is 37.0. The van der Waals surface area contributed by atoms with Crippen molar-refractivity contribution < 1.29 is 14.5 Å². The van der Waals surface area contributed by atoms with Crippen LogP contribution in [0.4, 0.5) is 28.4 Å². The van der Waals surface area contributed by atoms with E-state index in [1.165, 1.54) is 12.1 Å². The molecule has 0 aliphatic heterocycles. The highest BCUT2D eigenvalue weighted by Crippen LogP contribution is 2.33. The molecular weight excluding hydrogens is 544 g/mol. The third-order valence-corrected chi connectivity index (χ3v) is 6.91. The first-order chi connectivity index (χ1) is 20.2. The fourth-order valence-corrected chi connectivity index (χ4v) is 4.54. The Balaban J connectivity index is 1.50. The highest BCUT2D eigenvalue weighted by Gasteiger charge is 2.26. The molecule has 2 N–H and O–H groups in total. The molecule has 0 aromatic heterocycles. The third kappa shape index (κ3) is 7.11. The van der Waals surface area contributed by atoms with Gasteiger partial charge in [-0.25, -0.2) is 0 Å². The average Bonchev–Trinajstić information content (AvgIpc) is 2.96. The van der Waals surface area contributed by atoms with Gasteiger partial charge in [0.25, 0.3) is 11.8 Å². The predicted octanol–water partition coefficient (Wildman–Crippen LogP) is 6.03. The number of anilines is 2. The van der Waals surface area contributed by atoms with Crippen molar-refractivity contribution in [2.24, 2.45) is 0 Å². The standard InChI is InChI=1S/C33H32N6O4/c1-38(2,3)28-15-12-26(13-16-28)35-32(40)23-9-7-22(8-10-23)29-17-11-24(19-25(29)21-34)33(41)36-27-14-18-31(39(4,5)6)30(20-27)37(42)43/h7-20H,1-6H3/p+2. The van der Waals surface area contributed by atoms with Crippen molar-refractivity contribution in [3.8, 4) is 17.2 Å². The number of hydrogen-bond donors (Lipinski definition) is 2. The van der Waals surface area contributed by atoms with E-state index >= 15 is 0 Å². The summed E-state index contributed by atoms with van der Waals surface area (Å²) >= 11 is 0. The van der Waals surface area contributed by atoms with E-state index in [1.54, 1.807) is 48.5 Å². The molecule has 2 amide bonds. The lowest BCUT2D eigenvalue weighted by Crippen LogP contribution is -2.35. The molecule has 0 heterocycles. The average molecular weight is 579 g/mol. The monoisotopic (exact) mass is 578 g/mol. The number of quaternary nitrogens is 2. The maximum atomic E-state index is 13.0. The SMILES string of the molecule is C[N+](C)(C)c1ccc(NC(=O)c2ccc(-c3ccc(C(=O)Nc4ccc([N+](C)(C)C)c([N+](=O)[O-])c4)cc3C#N)cc2)cc1. The van der Waals surface area contributed by atoms with Gasteiger partial charge in [0.05, 0.1) is 58.8 Å². The van der Waals surface area contributed by atoms with Crippen LogP contribution in [0.25, 0.3) is 11.1 Å². The van der Waals surface area contributed by atoms with Gasteiger partial charge in [0.15, 0.2) is 0 Å². The molecule has 0 unspecified atom stereocenters. The number of benzene rings is 4. The van der Waals surface area contributed by atoms with Crippen molar-refractivity contribution >= 4 is 40.3 Å². The highest BCUT2D eigenvalue weighted by atomic mass is 16.6. The lowest BCUT2D eigenvalue weighted by Gasteiger charge is -2.23. The summed E-state index contributed by atoms with van der Waals surface area (Å²) in [5, 5.41) is 27.1. The molecule has 0 saturated heterocycles. The molecule has 0 atom stereocenters. The minimum absolute atomic E-state index is 0.103. The van der Waals surface area contributed by atoms with Gasteiger partial charge in [0, 0.05) is 46.8 Å². The minimum Gasteiger partial charge on any atom is -0.322 e. The Kier molecular flexibility index (Phi) is 8.43. The first kappa shape index (κ1) is 30.6. The molecule has 43 heavy (non-hydrogen) atoms. The van der Waals surface area contributed by atoms with Crippen LogP contribution in [0.15, 0.2) is 84.9 Å². The Morgan fingerprint density at radius 1 is 0.721 bits per heavy atom. The Hall–Kier alpha value is -5.37. The van der Waals surface area contributed by atoms with Crippen LogP contribution in [0.3, 0.4) is 0 Å². The van der Waals surface area contributed by atoms with Gasteiger partial charge in [0.1, 0.15) is 5.69 Å². The van der Waals surface area contributed by atoms with Crippen LogP contribution in [0.5, 0.6) is 0 Å². The number of rotatable bonds is 8. The molecule has 218 valence electrons. The molecule has 4 rings (SSSR count). The van der Waals surface area contributed by atoms with Crippen LogP contribution in [0.2, 0.25) is 0 Å². The van der Waals surface area contributed by atoms with Crippen LogP contribution < -0.4 is 19.6 Å². The molecule has 0 radical (unpaired) electrons. The molecule has 10 nitrogen and oxygen atoms in total. The van der Waals surface area contributed by atoms with E-state index < -0.39 is 10.8 Å². The minimum atomic E-state index is -0.503. The second kappa shape index (κ2) is 11.9. The van der Waals surface area contributed by atoms with E-state index in [1.807, 2.05) is 45.4 Å². The van der Waals surface area contributed by atoms with Crippen molar-refractivity contribution in [3.05, 3.63) is 112 Å². The summed E-state index contributed by atoms with van der Waals surface area (Å²) in [7, 11) is 11.7. The Labute approximate surface area is 250 Å². The number of nitrogens with one attached hydrogen (secondary N) is 2. The number of carbonyl (C=O) groups excluding carboxylic acids is 2. The largest absolute Gasteiger partial charge is 0.331 e. The maximum Gasteiger partial charge on any atom is 0.331 e. The predicted molar refractivity (Wildman–Crippen MR) is 171 cm³/mol. The summed E-state index contributed by atoms with van der Waals surface area (Å²) < 4.78 is 0.913. The smallest absolute Gasteiger partial charge is 0.322 e. The highest BCUT2D eigenvalue weighted by molar-refractivity contribution is 6.06. The maximum absolute atomic E-state index is 13.0. The molecule has 0 spiro atoms. The van der Waals surface area contributed by atoms with E-state index in [0.29, 0.717) is 32.5 Å². The molecule has 0 aliphatic carbocycles. The Morgan fingerprint density at radius 3 is 1.84 bits per heavy atom. The fourth-order valence-electron chi connectivity index (χ4n) is 4.54. The number of amides is 2. The van der Waals surface area contributed by atoms with Gasteiger partial charge in [-0.3, -0.25) is 28.7 Å². The lowest BCUT2D eigenvalue weighted by molar-refractivity contribution is -0.384. The number of nitro benzene ring substituents is 1. The number of nitriles is 1. The van der Waals surface area contributed by atoms with Crippen molar-refractivity contribution in [1.82, 2.24) is 8.97 Å². The van der Waals surface area contributed by atoms with Crippen LogP contribution in [-0.4, -0.2) is 59.0 Å². The van der Waals surface area contributed by atoms with Crippen LogP contribution in [-0.2, 0) is 0 Å². The van der Waals surface area contributed by atoms with Crippen molar-refractivity contribution in [2.75, 3.05) is 52.9 Å². The summed E-state index contributed by atoms with van der Waals surface area (Å²) in [5.74, 6) is -0.761. The molecule has 0 fully saturated rings. The van der Waals surface area contributed by atoms with Gasteiger partial charge in [-0.1, -0.05) is 18.2 Å². The quantitative estimate of drug-likeness (QED) is 0.150. The molecule has 4 aromatic carbocycles. The van der Waals surface area contributed by atoms with E-state index in [9.17, 15) is 25.0 Å². The Morgan fingerprint density at radius 2 is 1.28 bits per heavy atom. The second-order valence-electron chi connectivity index (χ2n) is 11.9. The molecule has 0 bridgehead atoms. The van der Waals surface area contributed by atoms with Gasteiger partial charge >= 0.3 is 5.69 Å². The summed E-state index contributed by atoms with van der Waals surface area (Å²) in [6, 6.07) is 25.9. The summed E-state index contributed by atoms with van der Waals surface area (Å²) in [6.07, 6.45) is 0. The number of carbonyl (C=O) groups is 2. The number of hydrogen-bond acceptors (Lipinski definition) is 5. The van der Waals surface area contributed by atoms with Crippen LogP contribution in [0.1, 0.15) is 26.3 Å². The summed E-state index contributed by atoms with van der Waals surface area (Å²) in [5.41, 5.74) is 4.73. The first-order valence-corrected chi connectivity index (χ1v) is 13.5. The topological polar surface area (TPSA) is 125 Å².